The molecule has 1 aliphatic carbocycles. The fourth-order valence-electron chi connectivity index (χ4n) is 3.90. The summed E-state index contributed by atoms with van der Waals surface area (Å²) in [5, 5.41) is 8.92. The second-order valence-electron chi connectivity index (χ2n) is 7.60. The van der Waals surface area contributed by atoms with Gasteiger partial charge >= 0.3 is 0 Å². The van der Waals surface area contributed by atoms with Crippen molar-refractivity contribution in [3.63, 3.8) is 0 Å². The number of nitrogens with zero attached hydrogens (tertiary/aromatic N) is 2. The molecule has 1 aromatic heterocycles. The van der Waals surface area contributed by atoms with E-state index in [9.17, 15) is 4.79 Å². The van der Waals surface area contributed by atoms with Gasteiger partial charge in [-0.3, -0.25) is 9.52 Å². The van der Waals surface area contributed by atoms with Crippen LogP contribution < -0.4 is 18.9 Å². The lowest BCUT2D eigenvalue weighted by molar-refractivity contribution is -0.120. The van der Waals surface area contributed by atoms with Crippen molar-refractivity contribution in [3.05, 3.63) is 89.5 Å². The van der Waals surface area contributed by atoms with Crippen molar-refractivity contribution < 1.29 is 14.3 Å². The van der Waals surface area contributed by atoms with Crippen molar-refractivity contribution in [2.24, 2.45) is 0 Å². The number of amides is 1. The molecule has 2 atom stereocenters. The van der Waals surface area contributed by atoms with Gasteiger partial charge in [-0.05, 0) is 61.2 Å². The summed E-state index contributed by atoms with van der Waals surface area (Å²) < 4.78 is 18.2. The Kier molecular flexibility index (Phi) is 12.5. The first kappa shape index (κ1) is 29.7. The molecule has 2 unspecified atom stereocenters. The van der Waals surface area contributed by atoms with E-state index in [2.05, 4.69) is 21.0 Å². The number of hydrogen-bond acceptors (Lipinski definition) is 7. The zero-order valence-electron chi connectivity index (χ0n) is 22.2. The average Bonchev–Trinajstić information content (AvgIpc) is 3.36. The van der Waals surface area contributed by atoms with Gasteiger partial charge in [0.15, 0.2) is 0 Å². The van der Waals surface area contributed by atoms with Crippen LogP contribution in [0.5, 0.6) is 11.5 Å². The van der Waals surface area contributed by atoms with Crippen LogP contribution in [0.4, 0.5) is 0 Å². The van der Waals surface area contributed by atoms with Crippen molar-refractivity contribution in [2.75, 3.05) is 0 Å². The number of allylic oxidation sites excluding steroid dienone is 2. The molecule has 0 bridgehead atoms. The van der Waals surface area contributed by atoms with Crippen LogP contribution in [-0.2, 0) is 4.79 Å². The Morgan fingerprint density at radius 3 is 2.43 bits per heavy atom. The SMILES string of the molecule is C=CC1=C(/C(=C\C)Oc2ccc(C#N)nc2)CCC1Oc1ccc(C2CC(=O)NSN2)cc1.CC.CC. The third-order valence-electron chi connectivity index (χ3n) is 5.53. The van der Waals surface area contributed by atoms with Gasteiger partial charge in [-0.25, -0.2) is 9.71 Å². The highest BCUT2D eigenvalue weighted by Gasteiger charge is 2.28. The maximum Gasteiger partial charge on any atom is 0.232 e. The van der Waals surface area contributed by atoms with Crippen LogP contribution >= 0.6 is 12.1 Å². The summed E-state index contributed by atoms with van der Waals surface area (Å²) in [5.41, 5.74) is 3.43. The summed E-state index contributed by atoms with van der Waals surface area (Å²) in [7, 11) is 0. The number of benzene rings is 1. The minimum Gasteiger partial charge on any atom is -0.486 e. The second kappa shape index (κ2) is 15.5. The van der Waals surface area contributed by atoms with Crippen LogP contribution in [0.1, 0.15) is 71.2 Å². The molecule has 0 saturated carbocycles. The lowest BCUT2D eigenvalue weighted by Crippen LogP contribution is -2.33. The molecule has 8 heteroatoms. The van der Waals surface area contributed by atoms with Gasteiger partial charge in [-0.15, -0.1) is 0 Å². The van der Waals surface area contributed by atoms with E-state index < -0.39 is 0 Å². The largest absolute Gasteiger partial charge is 0.486 e. The van der Waals surface area contributed by atoms with Crippen LogP contribution in [-0.4, -0.2) is 17.0 Å². The molecule has 1 saturated heterocycles. The number of pyridine rings is 1. The number of carbonyl (C=O) groups is 1. The van der Waals surface area contributed by atoms with Crippen molar-refractivity contribution in [1.82, 2.24) is 14.4 Å². The molecule has 37 heavy (non-hydrogen) atoms. The van der Waals surface area contributed by atoms with Crippen LogP contribution in [0, 0.1) is 11.3 Å². The lowest BCUT2D eigenvalue weighted by Gasteiger charge is -2.23. The molecule has 2 aromatic rings. The van der Waals surface area contributed by atoms with E-state index in [1.807, 2.05) is 77.1 Å². The maximum atomic E-state index is 11.6. The Labute approximate surface area is 224 Å². The first-order valence-electron chi connectivity index (χ1n) is 12.6. The van der Waals surface area contributed by atoms with Crippen LogP contribution in [0.25, 0.3) is 0 Å². The molecule has 1 aliphatic heterocycles. The van der Waals surface area contributed by atoms with Crippen LogP contribution in [0.15, 0.2) is 78.2 Å². The third kappa shape index (κ3) is 7.97. The highest BCUT2D eigenvalue weighted by Crippen LogP contribution is 2.36. The zero-order valence-corrected chi connectivity index (χ0v) is 23.0. The molecular formula is C29H36N4O3S. The van der Waals surface area contributed by atoms with E-state index in [4.69, 9.17) is 14.7 Å². The molecule has 2 N–H and O–H groups in total. The Hall–Kier alpha value is -3.54. The number of carbonyl (C=O) groups excluding carboxylic acids is 1. The maximum absolute atomic E-state index is 11.6. The summed E-state index contributed by atoms with van der Waals surface area (Å²) in [6.07, 6.45) is 7.17. The van der Waals surface area contributed by atoms with Crippen molar-refractivity contribution in [3.8, 4) is 17.6 Å². The number of hydrogen-bond donors (Lipinski definition) is 2. The van der Waals surface area contributed by atoms with Crippen LogP contribution in [0.2, 0.25) is 0 Å². The van der Waals surface area contributed by atoms with E-state index in [0.29, 0.717) is 17.9 Å². The first-order valence-corrected chi connectivity index (χ1v) is 13.5. The van der Waals surface area contributed by atoms with Gasteiger partial charge in [0, 0.05) is 24.1 Å². The Balaban J connectivity index is 0.00000115. The number of ether oxygens (including phenoxy) is 2. The van der Waals surface area contributed by atoms with Gasteiger partial charge in [0.1, 0.15) is 35.1 Å². The number of aromatic nitrogens is 1. The van der Waals surface area contributed by atoms with Gasteiger partial charge in [0.05, 0.1) is 12.2 Å². The molecule has 0 radical (unpaired) electrons. The average molecular weight is 521 g/mol. The number of rotatable bonds is 7. The first-order chi connectivity index (χ1) is 18.1. The van der Waals surface area contributed by atoms with E-state index in [0.717, 1.165) is 41.1 Å². The molecule has 196 valence electrons. The molecule has 0 spiro atoms. The van der Waals surface area contributed by atoms with E-state index >= 15 is 0 Å². The normalized spacial score (nSPS) is 18.8. The van der Waals surface area contributed by atoms with Gasteiger partial charge in [-0.1, -0.05) is 52.5 Å². The predicted octanol–water partition coefficient (Wildman–Crippen LogP) is 6.73. The summed E-state index contributed by atoms with van der Waals surface area (Å²) in [4.78, 5) is 15.7. The van der Waals surface area contributed by atoms with Crippen molar-refractivity contribution in [1.29, 1.82) is 5.26 Å². The molecule has 7 nitrogen and oxygen atoms in total. The summed E-state index contributed by atoms with van der Waals surface area (Å²) in [5.74, 6) is 2.08. The molecule has 4 rings (SSSR count). The van der Waals surface area contributed by atoms with Gasteiger partial charge in [-0.2, -0.15) is 5.26 Å². The van der Waals surface area contributed by atoms with E-state index in [1.165, 1.54) is 12.1 Å². The zero-order chi connectivity index (χ0) is 27.2. The van der Waals surface area contributed by atoms with E-state index in [-0.39, 0.29) is 18.1 Å². The third-order valence-corrected chi connectivity index (χ3v) is 6.26. The molecule has 2 aliphatic rings. The summed E-state index contributed by atoms with van der Waals surface area (Å²) in [6, 6.07) is 13.2. The van der Waals surface area contributed by atoms with Crippen molar-refractivity contribution >= 4 is 18.0 Å². The number of nitrogens with one attached hydrogen (secondary N) is 2. The quantitative estimate of drug-likeness (QED) is 0.309. The monoisotopic (exact) mass is 520 g/mol. The van der Waals surface area contributed by atoms with Crippen molar-refractivity contribution in [2.45, 2.75) is 66.0 Å². The lowest BCUT2D eigenvalue weighted by atomic mass is 10.0. The topological polar surface area (TPSA) is 96.3 Å². The minimum absolute atomic E-state index is 0.0158. The number of nitriles is 1. The fraction of sp³-hybridized carbons (Fsp3) is 0.345. The molecule has 1 aromatic carbocycles. The van der Waals surface area contributed by atoms with Gasteiger partial charge in [0.2, 0.25) is 5.91 Å². The smallest absolute Gasteiger partial charge is 0.232 e. The van der Waals surface area contributed by atoms with Gasteiger partial charge in [0.25, 0.3) is 0 Å². The summed E-state index contributed by atoms with van der Waals surface area (Å²) in [6.45, 7) is 13.9. The molecule has 1 fully saturated rings. The highest BCUT2D eigenvalue weighted by atomic mass is 32.2. The second-order valence-corrected chi connectivity index (χ2v) is 8.24. The highest BCUT2D eigenvalue weighted by molar-refractivity contribution is 7.96. The fourth-order valence-corrected chi connectivity index (χ4v) is 4.51. The molecule has 1 amide bonds. The van der Waals surface area contributed by atoms with Crippen LogP contribution in [0.3, 0.4) is 0 Å². The summed E-state index contributed by atoms with van der Waals surface area (Å²) >= 11 is 1.21. The Morgan fingerprint density at radius 2 is 1.86 bits per heavy atom. The molecular weight excluding hydrogens is 484 g/mol. The minimum atomic E-state index is -0.130. The Bertz CT molecular complexity index is 1140. The Morgan fingerprint density at radius 1 is 1.16 bits per heavy atom. The molecule has 2 heterocycles. The predicted molar refractivity (Wildman–Crippen MR) is 150 cm³/mol. The van der Waals surface area contributed by atoms with E-state index in [1.54, 1.807) is 18.3 Å². The standard InChI is InChI=1S/C25H24N4O3S.2C2H6/c1-3-20-21(23(4-2)32-19-10-7-17(14-26)27-15-19)11-12-24(20)31-18-8-5-16(6-9-18)22-13-25(30)29-33-28-22;2*1-2/h3-10,15,22,24,28H,1,11-13H2,2H3,(H,29,30);2*1-2H3/b23-4+;;. The van der Waals surface area contributed by atoms with Gasteiger partial charge < -0.3 is 9.47 Å².